The van der Waals surface area contributed by atoms with E-state index in [1.165, 1.54) is 5.56 Å². The number of rotatable bonds is 5. The Morgan fingerprint density at radius 1 is 1.05 bits per heavy atom. The van der Waals surface area contributed by atoms with E-state index in [2.05, 4.69) is 36.6 Å². The van der Waals surface area contributed by atoms with Gasteiger partial charge in [0.1, 0.15) is 0 Å². The molecule has 3 heteroatoms. The number of aryl methyl sites for hydroxylation is 2. The Morgan fingerprint density at radius 2 is 1.68 bits per heavy atom. The monoisotopic (exact) mass is 296 g/mol. The highest BCUT2D eigenvalue weighted by Crippen LogP contribution is 2.23. The van der Waals surface area contributed by atoms with Crippen LogP contribution in [0, 0.1) is 13.8 Å². The number of hydrogen-bond acceptors (Lipinski definition) is 2. The normalized spacial score (nSPS) is 10.6. The van der Waals surface area contributed by atoms with Gasteiger partial charge >= 0.3 is 0 Å². The molecule has 0 bridgehead atoms. The zero-order valence-corrected chi connectivity index (χ0v) is 13.7. The number of benzene rings is 2. The first kappa shape index (κ1) is 16.1. The van der Waals surface area contributed by atoms with E-state index in [1.807, 2.05) is 44.2 Å². The van der Waals surface area contributed by atoms with Gasteiger partial charge in [0.2, 0.25) is 5.91 Å². The summed E-state index contributed by atoms with van der Waals surface area (Å²) in [6.07, 6.45) is 0. The van der Waals surface area contributed by atoms with Crippen molar-refractivity contribution in [2.24, 2.45) is 0 Å². The minimum atomic E-state index is -0.0384. The largest absolute Gasteiger partial charge is 0.376 e. The lowest BCUT2D eigenvalue weighted by Gasteiger charge is -2.14. The molecule has 0 saturated heterocycles. The smallest absolute Gasteiger partial charge is 0.243 e. The molecule has 0 aliphatic heterocycles. The van der Waals surface area contributed by atoms with Gasteiger partial charge in [-0.2, -0.15) is 0 Å². The van der Waals surface area contributed by atoms with Crippen LogP contribution in [0.3, 0.4) is 0 Å². The molecule has 3 nitrogen and oxygen atoms in total. The number of carbonyl (C=O) groups excluding carboxylic acids is 1. The van der Waals surface area contributed by atoms with E-state index >= 15 is 0 Å². The van der Waals surface area contributed by atoms with Crippen LogP contribution in [-0.4, -0.2) is 12.5 Å². The SMILES string of the molecule is Cc1cc(C)cc(NC(=O)CNc2ccccc2C(C)C)c1. The minimum Gasteiger partial charge on any atom is -0.376 e. The molecule has 0 aromatic heterocycles. The molecule has 2 N–H and O–H groups in total. The summed E-state index contributed by atoms with van der Waals surface area (Å²) < 4.78 is 0. The number of hydrogen-bond donors (Lipinski definition) is 2. The lowest BCUT2D eigenvalue weighted by molar-refractivity contribution is -0.114. The standard InChI is InChI=1S/C19H24N2O/c1-13(2)17-7-5-6-8-18(17)20-12-19(22)21-16-10-14(3)9-15(4)11-16/h5-11,13,20H,12H2,1-4H3,(H,21,22). The minimum absolute atomic E-state index is 0.0384. The van der Waals surface area contributed by atoms with Gasteiger partial charge in [-0.3, -0.25) is 4.79 Å². The average molecular weight is 296 g/mol. The number of anilines is 2. The molecular weight excluding hydrogens is 272 g/mol. The second-order valence-corrected chi connectivity index (χ2v) is 6.02. The highest BCUT2D eigenvalue weighted by Gasteiger charge is 2.08. The fourth-order valence-electron chi connectivity index (χ4n) is 2.59. The Balaban J connectivity index is 1.99. The van der Waals surface area contributed by atoms with E-state index in [4.69, 9.17) is 0 Å². The molecule has 0 radical (unpaired) electrons. The first-order valence-electron chi connectivity index (χ1n) is 7.66. The predicted octanol–water partition coefficient (Wildman–Crippen LogP) is 4.48. The maximum atomic E-state index is 12.1. The highest BCUT2D eigenvalue weighted by atomic mass is 16.1. The third-order valence-corrected chi connectivity index (χ3v) is 3.53. The van der Waals surface area contributed by atoms with E-state index < -0.39 is 0 Å². The van der Waals surface area contributed by atoms with Crippen molar-refractivity contribution < 1.29 is 4.79 Å². The summed E-state index contributed by atoms with van der Waals surface area (Å²) in [6.45, 7) is 8.61. The van der Waals surface area contributed by atoms with Gasteiger partial charge in [-0.15, -0.1) is 0 Å². The molecule has 0 unspecified atom stereocenters. The van der Waals surface area contributed by atoms with Crippen LogP contribution in [0.4, 0.5) is 11.4 Å². The zero-order valence-electron chi connectivity index (χ0n) is 13.7. The molecule has 0 atom stereocenters. The molecule has 0 aliphatic carbocycles. The van der Waals surface area contributed by atoms with Crippen molar-refractivity contribution in [2.45, 2.75) is 33.6 Å². The summed E-state index contributed by atoms with van der Waals surface area (Å²) in [7, 11) is 0. The van der Waals surface area contributed by atoms with E-state index in [-0.39, 0.29) is 12.5 Å². The van der Waals surface area contributed by atoms with Gasteiger partial charge in [-0.05, 0) is 54.7 Å². The maximum absolute atomic E-state index is 12.1. The molecular formula is C19H24N2O. The quantitative estimate of drug-likeness (QED) is 0.854. The second kappa shape index (κ2) is 7.12. The van der Waals surface area contributed by atoms with Crippen LogP contribution in [-0.2, 0) is 4.79 Å². The van der Waals surface area contributed by atoms with Crippen LogP contribution in [0.5, 0.6) is 0 Å². The van der Waals surface area contributed by atoms with Crippen LogP contribution in [0.2, 0.25) is 0 Å². The highest BCUT2D eigenvalue weighted by molar-refractivity contribution is 5.94. The van der Waals surface area contributed by atoms with Gasteiger partial charge in [0, 0.05) is 11.4 Å². The third-order valence-electron chi connectivity index (χ3n) is 3.53. The van der Waals surface area contributed by atoms with Gasteiger partial charge in [-0.1, -0.05) is 38.1 Å². The lowest BCUT2D eigenvalue weighted by atomic mass is 10.0. The molecule has 0 fully saturated rings. The zero-order chi connectivity index (χ0) is 16.1. The van der Waals surface area contributed by atoms with Crippen LogP contribution in [0.25, 0.3) is 0 Å². The maximum Gasteiger partial charge on any atom is 0.243 e. The van der Waals surface area contributed by atoms with Crippen LogP contribution in [0.15, 0.2) is 42.5 Å². The van der Waals surface area contributed by atoms with Crippen molar-refractivity contribution in [1.29, 1.82) is 0 Å². The van der Waals surface area contributed by atoms with Crippen LogP contribution >= 0.6 is 0 Å². The third kappa shape index (κ3) is 4.35. The van der Waals surface area contributed by atoms with Crippen molar-refractivity contribution in [3.8, 4) is 0 Å². The summed E-state index contributed by atoms with van der Waals surface area (Å²) in [5.74, 6) is 0.384. The Morgan fingerprint density at radius 3 is 2.32 bits per heavy atom. The fraction of sp³-hybridized carbons (Fsp3) is 0.316. The lowest BCUT2D eigenvalue weighted by Crippen LogP contribution is -2.22. The van der Waals surface area contributed by atoms with Gasteiger partial charge in [0.15, 0.2) is 0 Å². The molecule has 0 aliphatic rings. The Labute approximate surface area is 132 Å². The van der Waals surface area contributed by atoms with Gasteiger partial charge < -0.3 is 10.6 Å². The molecule has 22 heavy (non-hydrogen) atoms. The molecule has 0 saturated carbocycles. The Bertz CT molecular complexity index is 642. The molecule has 0 heterocycles. The van der Waals surface area contributed by atoms with Gasteiger partial charge in [0.25, 0.3) is 0 Å². The average Bonchev–Trinajstić information content (AvgIpc) is 2.44. The topological polar surface area (TPSA) is 41.1 Å². The molecule has 2 aromatic carbocycles. The molecule has 116 valence electrons. The summed E-state index contributed by atoms with van der Waals surface area (Å²) in [4.78, 5) is 12.1. The predicted molar refractivity (Wildman–Crippen MR) is 93.6 cm³/mol. The summed E-state index contributed by atoms with van der Waals surface area (Å²) >= 11 is 0. The van der Waals surface area contributed by atoms with Gasteiger partial charge in [0.05, 0.1) is 6.54 Å². The van der Waals surface area contributed by atoms with Crippen molar-refractivity contribution in [3.63, 3.8) is 0 Å². The number of para-hydroxylation sites is 1. The number of nitrogens with one attached hydrogen (secondary N) is 2. The first-order chi connectivity index (χ1) is 10.5. The molecule has 0 spiro atoms. The van der Waals surface area contributed by atoms with Crippen molar-refractivity contribution in [1.82, 2.24) is 0 Å². The van der Waals surface area contributed by atoms with Crippen LogP contribution in [0.1, 0.15) is 36.5 Å². The first-order valence-corrected chi connectivity index (χ1v) is 7.66. The fourth-order valence-corrected chi connectivity index (χ4v) is 2.59. The van der Waals surface area contributed by atoms with Crippen LogP contribution < -0.4 is 10.6 Å². The number of carbonyl (C=O) groups is 1. The summed E-state index contributed by atoms with van der Waals surface area (Å²) in [5.41, 5.74) is 5.39. The second-order valence-electron chi connectivity index (χ2n) is 6.02. The van der Waals surface area contributed by atoms with Crippen molar-refractivity contribution in [2.75, 3.05) is 17.2 Å². The molecule has 2 aromatic rings. The van der Waals surface area contributed by atoms with Gasteiger partial charge in [-0.25, -0.2) is 0 Å². The Hall–Kier alpha value is -2.29. The van der Waals surface area contributed by atoms with E-state index in [9.17, 15) is 4.79 Å². The molecule has 2 rings (SSSR count). The Kier molecular flexibility index (Phi) is 5.21. The summed E-state index contributed by atoms with van der Waals surface area (Å²) in [6, 6.07) is 14.2. The van der Waals surface area contributed by atoms with Crippen molar-refractivity contribution in [3.05, 3.63) is 59.2 Å². The molecule has 1 amide bonds. The van der Waals surface area contributed by atoms with E-state index in [0.717, 1.165) is 22.5 Å². The van der Waals surface area contributed by atoms with Crippen molar-refractivity contribution >= 4 is 17.3 Å². The number of amides is 1. The summed E-state index contributed by atoms with van der Waals surface area (Å²) in [5, 5.41) is 6.17. The van der Waals surface area contributed by atoms with E-state index in [0.29, 0.717) is 5.92 Å². The van der Waals surface area contributed by atoms with E-state index in [1.54, 1.807) is 0 Å².